The number of aromatic carboxylic acids is 1. The van der Waals surface area contributed by atoms with Crippen molar-refractivity contribution in [3.8, 4) is 11.8 Å². The largest absolute Gasteiger partial charge is 0.478 e. The Balaban J connectivity index is 1.68. The minimum absolute atomic E-state index is 0.264. The molecule has 3 rings (SSSR count). The molecule has 0 radical (unpaired) electrons. The molecule has 126 valence electrons. The maximum atomic E-state index is 10.8. The summed E-state index contributed by atoms with van der Waals surface area (Å²) in [5.41, 5.74) is 5.51. The van der Waals surface area contributed by atoms with Crippen LogP contribution in [0.3, 0.4) is 0 Å². The zero-order valence-electron chi connectivity index (χ0n) is 14.4. The van der Waals surface area contributed by atoms with Crippen LogP contribution >= 0.6 is 0 Å². The predicted molar refractivity (Wildman–Crippen MR) is 106 cm³/mol. The number of carbonyl (C=O) groups is 1. The van der Waals surface area contributed by atoms with E-state index in [0.717, 1.165) is 16.7 Å². The maximum Gasteiger partial charge on any atom is 0.335 e. The lowest BCUT2D eigenvalue weighted by Gasteiger charge is -1.97. The van der Waals surface area contributed by atoms with Crippen LogP contribution in [0.4, 0.5) is 0 Å². The highest BCUT2D eigenvalue weighted by molar-refractivity contribution is 5.87. The topological polar surface area (TPSA) is 37.3 Å². The minimum Gasteiger partial charge on any atom is -0.478 e. The fourth-order valence-electron chi connectivity index (χ4n) is 2.39. The summed E-state index contributed by atoms with van der Waals surface area (Å²) in [5.74, 6) is 5.21. The molecule has 0 unspecified atom stereocenters. The quantitative estimate of drug-likeness (QED) is 0.522. The van der Waals surface area contributed by atoms with Crippen LogP contribution in [0.15, 0.2) is 72.8 Å². The molecule has 2 heteroatoms. The molecular formula is C24H18O2. The molecule has 0 fully saturated rings. The molecule has 0 heterocycles. The normalized spacial score (nSPS) is 10.3. The first-order valence-electron chi connectivity index (χ1n) is 8.30. The highest BCUT2D eigenvalue weighted by Gasteiger charge is 2.00. The van der Waals surface area contributed by atoms with Crippen LogP contribution in [-0.2, 0) is 0 Å². The number of benzene rings is 3. The number of rotatable bonds is 3. The first kappa shape index (κ1) is 17.3. The van der Waals surface area contributed by atoms with Crippen LogP contribution in [0.25, 0.3) is 12.2 Å². The lowest BCUT2D eigenvalue weighted by atomic mass is 10.1. The number of aryl methyl sites for hydroxylation is 1. The molecule has 3 aromatic carbocycles. The minimum atomic E-state index is -0.932. The van der Waals surface area contributed by atoms with Crippen LogP contribution in [0, 0.1) is 18.8 Å². The van der Waals surface area contributed by atoms with E-state index < -0.39 is 5.97 Å². The monoisotopic (exact) mass is 338 g/mol. The summed E-state index contributed by atoms with van der Waals surface area (Å²) in [5, 5.41) is 8.90. The molecule has 1 N–H and O–H groups in total. The average molecular weight is 338 g/mol. The van der Waals surface area contributed by atoms with Crippen molar-refractivity contribution >= 4 is 18.1 Å². The molecule has 0 aliphatic rings. The predicted octanol–water partition coefficient (Wildman–Crippen LogP) is 5.26. The van der Waals surface area contributed by atoms with Crippen LogP contribution in [0.5, 0.6) is 0 Å². The van der Waals surface area contributed by atoms with Crippen molar-refractivity contribution in [2.24, 2.45) is 0 Å². The third-order valence-electron chi connectivity index (χ3n) is 3.94. The Hall–Kier alpha value is -3.57. The summed E-state index contributed by atoms with van der Waals surface area (Å²) in [6.07, 6.45) is 4.16. The fraction of sp³-hybridized carbons (Fsp3) is 0.0417. The van der Waals surface area contributed by atoms with Gasteiger partial charge in [0.25, 0.3) is 0 Å². The first-order valence-corrected chi connectivity index (χ1v) is 8.30. The zero-order valence-corrected chi connectivity index (χ0v) is 14.4. The Kier molecular flexibility index (Phi) is 5.31. The van der Waals surface area contributed by atoms with Gasteiger partial charge in [0.15, 0.2) is 0 Å². The average Bonchev–Trinajstić information content (AvgIpc) is 2.67. The van der Waals surface area contributed by atoms with Gasteiger partial charge in [0.1, 0.15) is 0 Å². The number of hydrogen-bond acceptors (Lipinski definition) is 1. The van der Waals surface area contributed by atoms with Crippen molar-refractivity contribution in [3.63, 3.8) is 0 Å². The maximum absolute atomic E-state index is 10.8. The molecular weight excluding hydrogens is 320 g/mol. The van der Waals surface area contributed by atoms with Crippen molar-refractivity contribution in [2.75, 3.05) is 0 Å². The molecule has 0 saturated carbocycles. The van der Waals surface area contributed by atoms with Gasteiger partial charge >= 0.3 is 5.97 Å². The van der Waals surface area contributed by atoms with Crippen LogP contribution < -0.4 is 0 Å². The Morgan fingerprint density at radius 1 is 0.731 bits per heavy atom. The summed E-state index contributed by atoms with van der Waals surface area (Å²) in [6.45, 7) is 2.08. The lowest BCUT2D eigenvalue weighted by molar-refractivity contribution is 0.0697. The first-order chi connectivity index (χ1) is 12.6. The van der Waals surface area contributed by atoms with Crippen LogP contribution in [-0.4, -0.2) is 11.1 Å². The van der Waals surface area contributed by atoms with Crippen molar-refractivity contribution in [1.82, 2.24) is 0 Å². The van der Waals surface area contributed by atoms with Gasteiger partial charge < -0.3 is 5.11 Å². The van der Waals surface area contributed by atoms with E-state index in [9.17, 15) is 4.79 Å². The van der Waals surface area contributed by atoms with Gasteiger partial charge in [0.2, 0.25) is 0 Å². The van der Waals surface area contributed by atoms with E-state index in [1.165, 1.54) is 11.1 Å². The number of hydrogen-bond donors (Lipinski definition) is 1. The third kappa shape index (κ3) is 4.72. The van der Waals surface area contributed by atoms with Crippen LogP contribution in [0.1, 0.15) is 38.2 Å². The second-order valence-corrected chi connectivity index (χ2v) is 6.00. The molecule has 0 aliphatic heterocycles. The van der Waals surface area contributed by atoms with Crippen molar-refractivity contribution in [2.45, 2.75) is 6.92 Å². The highest BCUT2D eigenvalue weighted by Crippen LogP contribution is 2.11. The zero-order chi connectivity index (χ0) is 18.4. The second-order valence-electron chi connectivity index (χ2n) is 6.00. The molecule has 0 aliphatic carbocycles. The SMILES string of the molecule is Cc1ccc(/C=C/c2ccc(C#Cc3ccc(C(=O)O)cc3)cc2)cc1. The van der Waals surface area contributed by atoms with Gasteiger partial charge in [-0.2, -0.15) is 0 Å². The molecule has 2 nitrogen and oxygen atoms in total. The highest BCUT2D eigenvalue weighted by atomic mass is 16.4. The van der Waals surface area contributed by atoms with E-state index in [1.807, 2.05) is 24.3 Å². The lowest BCUT2D eigenvalue weighted by Crippen LogP contribution is -1.94. The summed E-state index contributed by atoms with van der Waals surface area (Å²) in [4.78, 5) is 10.8. The molecule has 0 saturated heterocycles. The van der Waals surface area contributed by atoms with Gasteiger partial charge in [0.05, 0.1) is 5.56 Å². The van der Waals surface area contributed by atoms with E-state index in [1.54, 1.807) is 24.3 Å². The van der Waals surface area contributed by atoms with Gasteiger partial charge in [-0.05, 0) is 54.4 Å². The van der Waals surface area contributed by atoms with Gasteiger partial charge in [-0.15, -0.1) is 0 Å². The molecule has 26 heavy (non-hydrogen) atoms. The van der Waals surface area contributed by atoms with E-state index in [4.69, 9.17) is 5.11 Å². The second kappa shape index (κ2) is 8.00. The van der Waals surface area contributed by atoms with E-state index in [0.29, 0.717) is 0 Å². The van der Waals surface area contributed by atoms with Crippen molar-refractivity contribution in [1.29, 1.82) is 0 Å². The summed E-state index contributed by atoms with van der Waals surface area (Å²) < 4.78 is 0. The summed E-state index contributed by atoms with van der Waals surface area (Å²) in [6, 6.07) is 23.0. The number of carboxylic acids is 1. The standard InChI is InChI=1S/C24H18O2/c1-18-2-4-19(5-3-18)6-7-20-8-10-21(11-9-20)12-13-22-14-16-23(17-15-22)24(25)26/h2-11,14-17H,1H3,(H,25,26)/b7-6+. The molecule has 3 aromatic rings. The molecule has 0 spiro atoms. The van der Waals surface area contributed by atoms with Gasteiger partial charge in [-0.3, -0.25) is 0 Å². The molecule has 0 aromatic heterocycles. The van der Waals surface area contributed by atoms with E-state index in [-0.39, 0.29) is 5.56 Å². The smallest absolute Gasteiger partial charge is 0.335 e. The molecule has 0 atom stereocenters. The van der Waals surface area contributed by atoms with E-state index in [2.05, 4.69) is 55.2 Å². The Morgan fingerprint density at radius 2 is 1.15 bits per heavy atom. The number of carboxylic acid groups (broad SMARTS) is 1. The van der Waals surface area contributed by atoms with Crippen molar-refractivity contribution < 1.29 is 9.90 Å². The third-order valence-corrected chi connectivity index (χ3v) is 3.94. The van der Waals surface area contributed by atoms with Crippen LogP contribution in [0.2, 0.25) is 0 Å². The van der Waals surface area contributed by atoms with Gasteiger partial charge in [0, 0.05) is 11.1 Å². The Bertz CT molecular complexity index is 981. The Morgan fingerprint density at radius 3 is 1.62 bits per heavy atom. The van der Waals surface area contributed by atoms with Gasteiger partial charge in [-0.25, -0.2) is 4.79 Å². The van der Waals surface area contributed by atoms with E-state index >= 15 is 0 Å². The molecule has 0 bridgehead atoms. The van der Waals surface area contributed by atoms with Crippen molar-refractivity contribution in [3.05, 3.63) is 106 Å². The molecule has 0 amide bonds. The fourth-order valence-corrected chi connectivity index (χ4v) is 2.39. The summed E-state index contributed by atoms with van der Waals surface area (Å²) >= 11 is 0. The van der Waals surface area contributed by atoms with Gasteiger partial charge in [-0.1, -0.05) is 66.0 Å². The Labute approximate surface area is 153 Å². The summed E-state index contributed by atoms with van der Waals surface area (Å²) in [7, 11) is 0.